The lowest BCUT2D eigenvalue weighted by atomic mass is 9.94. The first kappa shape index (κ1) is 14.3. The minimum Gasteiger partial charge on any atom is -0.304 e. The highest BCUT2D eigenvalue weighted by atomic mass is 79.9. The van der Waals surface area contributed by atoms with Crippen LogP contribution in [0.3, 0.4) is 0 Å². The van der Waals surface area contributed by atoms with E-state index < -0.39 is 0 Å². The molecule has 100 valence electrons. The van der Waals surface area contributed by atoms with E-state index in [4.69, 9.17) is 0 Å². The minimum absolute atomic E-state index is 0.0387. The van der Waals surface area contributed by atoms with Crippen LogP contribution >= 0.6 is 15.9 Å². The minimum atomic E-state index is -0.0387. The van der Waals surface area contributed by atoms with Gasteiger partial charge in [-0.15, -0.1) is 0 Å². The van der Waals surface area contributed by atoms with Crippen molar-refractivity contribution in [3.8, 4) is 0 Å². The number of nitrogens with one attached hydrogen (secondary N) is 1. The molecular weight excluding hydrogens is 298 g/mol. The molecule has 0 unspecified atom stereocenters. The van der Waals surface area contributed by atoms with Gasteiger partial charge in [0.05, 0.1) is 0 Å². The topological polar surface area (TPSA) is 12.0 Å². The van der Waals surface area contributed by atoms with Crippen molar-refractivity contribution >= 4 is 15.9 Å². The van der Waals surface area contributed by atoms with E-state index in [1.807, 2.05) is 0 Å². The van der Waals surface area contributed by atoms with Gasteiger partial charge < -0.3 is 5.32 Å². The highest BCUT2D eigenvalue weighted by Gasteiger charge is 2.19. The van der Waals surface area contributed by atoms with E-state index in [2.05, 4.69) is 90.5 Å². The van der Waals surface area contributed by atoms with Crippen molar-refractivity contribution in [1.82, 2.24) is 5.32 Å². The number of halogens is 1. The van der Waals surface area contributed by atoms with Gasteiger partial charge in [0.1, 0.15) is 0 Å². The molecule has 0 aliphatic carbocycles. The second kappa shape index (κ2) is 5.89. The average molecular weight is 318 g/mol. The summed E-state index contributed by atoms with van der Waals surface area (Å²) < 4.78 is 1.12. The molecule has 0 radical (unpaired) electrons. The molecule has 0 aliphatic rings. The summed E-state index contributed by atoms with van der Waals surface area (Å²) in [5.74, 6) is 0. The van der Waals surface area contributed by atoms with Crippen LogP contribution < -0.4 is 5.32 Å². The van der Waals surface area contributed by atoms with Crippen molar-refractivity contribution in [2.75, 3.05) is 0 Å². The quantitative estimate of drug-likeness (QED) is 0.855. The Morgan fingerprint density at radius 2 is 1.63 bits per heavy atom. The van der Waals surface area contributed by atoms with Crippen molar-refractivity contribution in [3.63, 3.8) is 0 Å². The molecule has 0 bridgehead atoms. The lowest BCUT2D eigenvalue weighted by Crippen LogP contribution is -2.36. The summed E-state index contributed by atoms with van der Waals surface area (Å²) in [4.78, 5) is 0. The smallest absolute Gasteiger partial charge is 0.0380 e. The molecule has 1 N–H and O–H groups in total. The Kier molecular flexibility index (Phi) is 4.43. The maximum Gasteiger partial charge on any atom is 0.0380 e. The summed E-state index contributed by atoms with van der Waals surface area (Å²) in [6.45, 7) is 7.47. The Bertz CT molecular complexity index is 543. The lowest BCUT2D eigenvalue weighted by molar-refractivity contribution is 0.401. The van der Waals surface area contributed by atoms with Crippen LogP contribution in [0.1, 0.15) is 30.5 Å². The molecule has 2 aromatic carbocycles. The molecule has 0 atom stereocenters. The maximum atomic E-state index is 3.64. The van der Waals surface area contributed by atoms with Gasteiger partial charge in [0, 0.05) is 16.6 Å². The van der Waals surface area contributed by atoms with E-state index in [1.54, 1.807) is 0 Å². The molecule has 2 heteroatoms. The molecule has 0 saturated carbocycles. The van der Waals surface area contributed by atoms with Crippen molar-refractivity contribution in [1.29, 1.82) is 0 Å². The number of hydrogen-bond acceptors (Lipinski definition) is 1. The number of benzene rings is 2. The van der Waals surface area contributed by atoms with Gasteiger partial charge in [0.15, 0.2) is 0 Å². The first-order chi connectivity index (χ1) is 8.99. The van der Waals surface area contributed by atoms with Crippen LogP contribution in [0.4, 0.5) is 0 Å². The predicted octanol–water partition coefficient (Wildman–Crippen LogP) is 4.78. The van der Waals surface area contributed by atoms with Crippen LogP contribution in [0.25, 0.3) is 0 Å². The van der Waals surface area contributed by atoms with Gasteiger partial charge in [-0.05, 0) is 49.6 Å². The maximum absolute atomic E-state index is 3.64. The number of aryl methyl sites for hydroxylation is 1. The van der Waals surface area contributed by atoms with Crippen LogP contribution in [0, 0.1) is 6.92 Å². The van der Waals surface area contributed by atoms with E-state index in [0.717, 1.165) is 11.0 Å². The molecule has 2 aromatic rings. The van der Waals surface area contributed by atoms with E-state index in [-0.39, 0.29) is 5.54 Å². The molecule has 0 heterocycles. The highest BCUT2D eigenvalue weighted by molar-refractivity contribution is 9.10. The SMILES string of the molecule is Cc1ccccc1CNC(C)(C)c1ccc(Br)cc1. The Balaban J connectivity index is 2.09. The van der Waals surface area contributed by atoms with Crippen LogP contribution in [0.2, 0.25) is 0 Å². The Morgan fingerprint density at radius 3 is 2.26 bits per heavy atom. The summed E-state index contributed by atoms with van der Waals surface area (Å²) in [7, 11) is 0. The van der Waals surface area contributed by atoms with Gasteiger partial charge in [-0.2, -0.15) is 0 Å². The lowest BCUT2D eigenvalue weighted by Gasteiger charge is -2.27. The molecule has 19 heavy (non-hydrogen) atoms. The number of hydrogen-bond donors (Lipinski definition) is 1. The fourth-order valence-electron chi connectivity index (χ4n) is 2.09. The third kappa shape index (κ3) is 3.68. The molecule has 2 rings (SSSR count). The van der Waals surface area contributed by atoms with Crippen LogP contribution in [-0.2, 0) is 12.1 Å². The monoisotopic (exact) mass is 317 g/mol. The van der Waals surface area contributed by atoms with Gasteiger partial charge in [-0.3, -0.25) is 0 Å². The normalized spacial score (nSPS) is 11.6. The zero-order valence-electron chi connectivity index (χ0n) is 11.7. The van der Waals surface area contributed by atoms with Gasteiger partial charge in [-0.1, -0.05) is 52.3 Å². The van der Waals surface area contributed by atoms with Gasteiger partial charge in [0.2, 0.25) is 0 Å². The zero-order chi connectivity index (χ0) is 13.9. The third-order valence-corrected chi connectivity index (χ3v) is 4.08. The fourth-order valence-corrected chi connectivity index (χ4v) is 2.36. The van der Waals surface area contributed by atoms with Crippen LogP contribution in [0.5, 0.6) is 0 Å². The zero-order valence-corrected chi connectivity index (χ0v) is 13.3. The van der Waals surface area contributed by atoms with Crippen molar-refractivity contribution < 1.29 is 0 Å². The van der Waals surface area contributed by atoms with Crippen molar-refractivity contribution in [3.05, 3.63) is 69.7 Å². The van der Waals surface area contributed by atoms with Crippen molar-refractivity contribution in [2.24, 2.45) is 0 Å². The molecule has 0 amide bonds. The summed E-state index contributed by atoms with van der Waals surface area (Å²) in [5, 5.41) is 3.64. The molecule has 1 nitrogen and oxygen atoms in total. The van der Waals surface area contributed by atoms with E-state index >= 15 is 0 Å². The van der Waals surface area contributed by atoms with E-state index in [9.17, 15) is 0 Å². The van der Waals surface area contributed by atoms with Crippen LogP contribution in [0.15, 0.2) is 53.0 Å². The molecule has 0 fully saturated rings. The molecule has 0 spiro atoms. The second-order valence-electron chi connectivity index (χ2n) is 5.41. The molecule has 0 aromatic heterocycles. The van der Waals surface area contributed by atoms with Gasteiger partial charge >= 0.3 is 0 Å². The average Bonchev–Trinajstić information content (AvgIpc) is 2.38. The van der Waals surface area contributed by atoms with E-state index in [1.165, 1.54) is 16.7 Å². The van der Waals surface area contributed by atoms with Crippen molar-refractivity contribution in [2.45, 2.75) is 32.9 Å². The highest BCUT2D eigenvalue weighted by Crippen LogP contribution is 2.23. The first-order valence-electron chi connectivity index (χ1n) is 6.54. The molecule has 0 aliphatic heterocycles. The summed E-state index contributed by atoms with van der Waals surface area (Å²) in [6, 6.07) is 17.0. The van der Waals surface area contributed by atoms with E-state index in [0.29, 0.717) is 0 Å². The summed E-state index contributed by atoms with van der Waals surface area (Å²) in [6.07, 6.45) is 0. The third-order valence-electron chi connectivity index (χ3n) is 3.55. The fraction of sp³-hybridized carbons (Fsp3) is 0.294. The summed E-state index contributed by atoms with van der Waals surface area (Å²) in [5.41, 5.74) is 3.95. The standard InChI is InChI=1S/C17H20BrN/c1-13-6-4-5-7-14(13)12-19-17(2,3)15-8-10-16(18)11-9-15/h4-11,19H,12H2,1-3H3. The second-order valence-corrected chi connectivity index (χ2v) is 6.33. The first-order valence-corrected chi connectivity index (χ1v) is 7.34. The van der Waals surface area contributed by atoms with Gasteiger partial charge in [0.25, 0.3) is 0 Å². The molecular formula is C17H20BrN. The molecule has 0 saturated heterocycles. The largest absolute Gasteiger partial charge is 0.304 e. The Labute approximate surface area is 124 Å². The van der Waals surface area contributed by atoms with Gasteiger partial charge in [-0.25, -0.2) is 0 Å². The number of rotatable bonds is 4. The van der Waals surface area contributed by atoms with Crippen LogP contribution in [-0.4, -0.2) is 0 Å². The summed E-state index contributed by atoms with van der Waals surface area (Å²) >= 11 is 3.48. The predicted molar refractivity (Wildman–Crippen MR) is 85.2 cm³/mol. The Hall–Kier alpha value is -1.12. The Morgan fingerprint density at radius 1 is 1.00 bits per heavy atom.